The van der Waals surface area contributed by atoms with Crippen molar-refractivity contribution in [1.82, 2.24) is 19.9 Å². The van der Waals surface area contributed by atoms with Crippen LogP contribution in [0.2, 0.25) is 0 Å². The van der Waals surface area contributed by atoms with E-state index in [1.807, 2.05) is 6.07 Å². The van der Waals surface area contributed by atoms with Crippen molar-refractivity contribution in [1.29, 1.82) is 0 Å². The summed E-state index contributed by atoms with van der Waals surface area (Å²) in [6, 6.07) is 3.93. The lowest BCUT2D eigenvalue weighted by atomic mass is 9.93. The van der Waals surface area contributed by atoms with Crippen molar-refractivity contribution < 1.29 is 14.6 Å². The lowest BCUT2D eigenvalue weighted by Gasteiger charge is -2.31. The number of fused-ring (bicyclic) bond motifs is 1. The Morgan fingerprint density at radius 3 is 2.53 bits per heavy atom. The Hall–Kier alpha value is -2.72. The van der Waals surface area contributed by atoms with Gasteiger partial charge in [-0.2, -0.15) is 4.98 Å². The summed E-state index contributed by atoms with van der Waals surface area (Å²) in [5, 5.41) is 14.1. The number of nitrogens with one attached hydrogen (secondary N) is 1. The Kier molecular flexibility index (Phi) is 6.22. The Bertz CT molecular complexity index is 1070. The highest BCUT2D eigenvalue weighted by Gasteiger charge is 2.25. The largest absolute Gasteiger partial charge is 0.506 e. The van der Waals surface area contributed by atoms with Crippen LogP contribution in [-0.2, 0) is 4.74 Å². The molecule has 3 aromatic rings. The second-order valence-corrected chi connectivity index (χ2v) is 9.02. The molecular weight excluding hydrogens is 476 g/mol. The molecule has 2 aliphatic rings. The smallest absolute Gasteiger partial charge is 0.225 e. The first-order valence-corrected chi connectivity index (χ1v) is 11.7. The van der Waals surface area contributed by atoms with Gasteiger partial charge in [0.15, 0.2) is 0 Å². The second-order valence-electron chi connectivity index (χ2n) is 8.11. The van der Waals surface area contributed by atoms with E-state index in [0.717, 1.165) is 60.0 Å². The average Bonchev–Trinajstić information content (AvgIpc) is 2.82. The van der Waals surface area contributed by atoms with Gasteiger partial charge in [0.25, 0.3) is 0 Å². The maximum absolute atomic E-state index is 9.97. The molecule has 2 N–H and O–H groups in total. The molecule has 10 heteroatoms. The first-order chi connectivity index (χ1) is 15.6. The summed E-state index contributed by atoms with van der Waals surface area (Å²) in [4.78, 5) is 20.0. The SMILES string of the molecule is Oc1cnc2cc(N3CCOCC3)nc(OC3CCC(Nc4ncc(Br)cn4)CC3)c2c1. The number of rotatable bonds is 5. The number of aromatic nitrogens is 4. The van der Waals surface area contributed by atoms with Gasteiger partial charge in [-0.05, 0) is 47.7 Å². The summed E-state index contributed by atoms with van der Waals surface area (Å²) in [7, 11) is 0. The average molecular weight is 501 g/mol. The standard InChI is InChI=1S/C22H25BrN6O3/c23-14-11-25-22(26-12-14)27-15-1-3-17(4-2-15)32-21-18-9-16(30)13-24-19(18)10-20(28-21)29-5-7-31-8-6-29/h9-13,15,17,30H,1-8H2,(H,25,26,27). The van der Waals surface area contributed by atoms with Gasteiger partial charge in [0.2, 0.25) is 11.8 Å². The maximum Gasteiger partial charge on any atom is 0.225 e. The molecule has 5 rings (SSSR count). The lowest BCUT2D eigenvalue weighted by molar-refractivity contribution is 0.122. The topological polar surface area (TPSA) is 106 Å². The first kappa shape index (κ1) is 21.1. The third-order valence-corrected chi connectivity index (χ3v) is 6.27. The van der Waals surface area contributed by atoms with Crippen molar-refractivity contribution in [2.24, 2.45) is 0 Å². The molecule has 32 heavy (non-hydrogen) atoms. The lowest BCUT2D eigenvalue weighted by Crippen LogP contribution is -2.37. The molecule has 0 radical (unpaired) electrons. The molecule has 2 fully saturated rings. The second kappa shape index (κ2) is 9.41. The van der Waals surface area contributed by atoms with Crippen LogP contribution in [0.1, 0.15) is 25.7 Å². The zero-order chi connectivity index (χ0) is 21.9. The van der Waals surface area contributed by atoms with E-state index >= 15 is 0 Å². The number of aromatic hydroxyl groups is 1. The van der Waals surface area contributed by atoms with Crippen molar-refractivity contribution in [2.45, 2.75) is 37.8 Å². The molecule has 1 aliphatic heterocycles. The van der Waals surface area contributed by atoms with E-state index in [1.165, 1.54) is 6.20 Å². The van der Waals surface area contributed by atoms with Gasteiger partial charge in [0.05, 0.1) is 34.8 Å². The number of hydrogen-bond donors (Lipinski definition) is 2. The highest BCUT2D eigenvalue weighted by atomic mass is 79.9. The molecule has 0 spiro atoms. The Labute approximate surface area is 194 Å². The van der Waals surface area contributed by atoms with Crippen LogP contribution >= 0.6 is 15.9 Å². The number of halogens is 1. The highest BCUT2D eigenvalue weighted by molar-refractivity contribution is 9.10. The van der Waals surface area contributed by atoms with Crippen molar-refractivity contribution in [2.75, 3.05) is 36.5 Å². The summed E-state index contributed by atoms with van der Waals surface area (Å²) >= 11 is 3.36. The van der Waals surface area contributed by atoms with Crippen LogP contribution in [0.15, 0.2) is 35.2 Å². The number of hydrogen-bond acceptors (Lipinski definition) is 9. The molecule has 0 bridgehead atoms. The Morgan fingerprint density at radius 2 is 1.78 bits per heavy atom. The van der Waals surface area contributed by atoms with E-state index in [0.29, 0.717) is 31.1 Å². The minimum atomic E-state index is 0.0527. The molecule has 0 unspecified atom stereocenters. The summed E-state index contributed by atoms with van der Waals surface area (Å²) < 4.78 is 12.7. The van der Waals surface area contributed by atoms with E-state index in [9.17, 15) is 5.11 Å². The highest BCUT2D eigenvalue weighted by Crippen LogP contribution is 2.33. The van der Waals surface area contributed by atoms with Crippen LogP contribution < -0.4 is 15.0 Å². The molecular formula is C22H25BrN6O3. The normalized spacial score (nSPS) is 21.5. The van der Waals surface area contributed by atoms with Gasteiger partial charge in [-0.1, -0.05) is 0 Å². The van der Waals surface area contributed by atoms with Crippen LogP contribution in [-0.4, -0.2) is 63.5 Å². The number of anilines is 2. The van der Waals surface area contributed by atoms with Crippen molar-refractivity contribution in [3.8, 4) is 11.6 Å². The van der Waals surface area contributed by atoms with Gasteiger partial charge in [0, 0.05) is 37.6 Å². The zero-order valence-electron chi connectivity index (χ0n) is 17.6. The van der Waals surface area contributed by atoms with Crippen LogP contribution in [0.25, 0.3) is 10.9 Å². The van der Waals surface area contributed by atoms with Gasteiger partial charge >= 0.3 is 0 Å². The summed E-state index contributed by atoms with van der Waals surface area (Å²) in [6.45, 7) is 2.92. The molecule has 0 aromatic carbocycles. The van der Waals surface area contributed by atoms with Crippen molar-refractivity contribution in [3.63, 3.8) is 0 Å². The van der Waals surface area contributed by atoms with E-state index in [1.54, 1.807) is 18.5 Å². The third kappa shape index (κ3) is 4.86. The van der Waals surface area contributed by atoms with E-state index in [-0.39, 0.29) is 11.9 Å². The van der Waals surface area contributed by atoms with Gasteiger partial charge in [-0.3, -0.25) is 4.98 Å². The Balaban J connectivity index is 1.30. The molecule has 1 saturated heterocycles. The van der Waals surface area contributed by atoms with Gasteiger partial charge in [-0.15, -0.1) is 0 Å². The molecule has 168 valence electrons. The number of morpholine rings is 1. The van der Waals surface area contributed by atoms with Crippen LogP contribution in [0.3, 0.4) is 0 Å². The van der Waals surface area contributed by atoms with Crippen LogP contribution in [0, 0.1) is 0 Å². The quantitative estimate of drug-likeness (QED) is 0.543. The van der Waals surface area contributed by atoms with Crippen LogP contribution in [0.4, 0.5) is 11.8 Å². The number of ether oxygens (including phenoxy) is 2. The van der Waals surface area contributed by atoms with E-state index in [2.05, 4.69) is 41.1 Å². The van der Waals surface area contributed by atoms with Gasteiger partial charge in [0.1, 0.15) is 17.7 Å². The Morgan fingerprint density at radius 1 is 1.03 bits per heavy atom. The summed E-state index contributed by atoms with van der Waals surface area (Å²) in [5.74, 6) is 2.10. The maximum atomic E-state index is 9.97. The fraction of sp³-hybridized carbons (Fsp3) is 0.455. The van der Waals surface area contributed by atoms with E-state index < -0.39 is 0 Å². The number of pyridine rings is 2. The fourth-order valence-corrected chi connectivity index (χ4v) is 4.37. The van der Waals surface area contributed by atoms with Gasteiger partial charge < -0.3 is 24.8 Å². The zero-order valence-corrected chi connectivity index (χ0v) is 19.2. The first-order valence-electron chi connectivity index (χ1n) is 10.9. The van der Waals surface area contributed by atoms with Gasteiger partial charge in [-0.25, -0.2) is 9.97 Å². The fourth-order valence-electron chi connectivity index (χ4n) is 4.17. The summed E-state index contributed by atoms with van der Waals surface area (Å²) in [5.41, 5.74) is 0.761. The predicted octanol–water partition coefficient (Wildman–Crippen LogP) is 3.53. The number of nitrogens with zero attached hydrogens (tertiary/aromatic N) is 5. The predicted molar refractivity (Wildman–Crippen MR) is 124 cm³/mol. The molecule has 0 amide bonds. The third-order valence-electron chi connectivity index (χ3n) is 5.86. The minimum absolute atomic E-state index is 0.0527. The minimum Gasteiger partial charge on any atom is -0.506 e. The molecule has 1 saturated carbocycles. The molecule has 9 nitrogen and oxygen atoms in total. The monoisotopic (exact) mass is 500 g/mol. The molecule has 3 aromatic heterocycles. The summed E-state index contributed by atoms with van der Waals surface area (Å²) in [6.07, 6.45) is 8.69. The van der Waals surface area contributed by atoms with Crippen molar-refractivity contribution >= 4 is 38.6 Å². The van der Waals surface area contributed by atoms with Crippen molar-refractivity contribution in [3.05, 3.63) is 35.2 Å². The molecule has 1 aliphatic carbocycles. The van der Waals surface area contributed by atoms with E-state index in [4.69, 9.17) is 14.5 Å². The van der Waals surface area contributed by atoms with Crippen LogP contribution in [0.5, 0.6) is 11.6 Å². The molecule has 4 heterocycles. The molecule has 0 atom stereocenters.